The third kappa shape index (κ3) is 2.51. The van der Waals surface area contributed by atoms with Gasteiger partial charge in [-0.25, -0.2) is 8.78 Å². The molecule has 2 aromatic carbocycles. The van der Waals surface area contributed by atoms with E-state index >= 15 is 0 Å². The molecule has 2 nitrogen and oxygen atoms in total. The van der Waals surface area contributed by atoms with E-state index in [4.69, 9.17) is 4.74 Å². The van der Waals surface area contributed by atoms with Crippen LogP contribution in [0.2, 0.25) is 0 Å². The Morgan fingerprint density at radius 1 is 1.15 bits per heavy atom. The fourth-order valence-electron chi connectivity index (χ4n) is 2.46. The molecule has 0 radical (unpaired) electrons. The molecule has 0 heterocycles. The molecule has 20 heavy (non-hydrogen) atoms. The first-order valence-corrected chi connectivity index (χ1v) is 6.51. The summed E-state index contributed by atoms with van der Waals surface area (Å²) in [4.78, 5) is 0. The van der Waals surface area contributed by atoms with Crippen molar-refractivity contribution in [2.24, 2.45) is 0 Å². The van der Waals surface area contributed by atoms with Crippen molar-refractivity contribution in [3.63, 3.8) is 0 Å². The normalized spacial score (nSPS) is 17.1. The largest absolute Gasteiger partial charge is 0.489 e. The number of benzene rings is 2. The van der Waals surface area contributed by atoms with Gasteiger partial charge in [-0.15, -0.1) is 0 Å². The zero-order valence-electron chi connectivity index (χ0n) is 10.8. The highest BCUT2D eigenvalue weighted by Crippen LogP contribution is 2.33. The maximum atomic E-state index is 13.5. The van der Waals surface area contributed by atoms with Crippen LogP contribution in [0.25, 0.3) is 0 Å². The Balaban J connectivity index is 1.73. The van der Waals surface area contributed by atoms with E-state index in [1.54, 1.807) is 6.07 Å². The standard InChI is InChI=1S/C16H14F2O2/c17-12-3-1-11(15(18)8-12)9-20-13-4-5-14-10(7-13)2-6-16(14)19/h1,3-5,7-8,16,19H,2,6,9H2/t16-/m1/s1. The molecule has 0 unspecified atom stereocenters. The van der Waals surface area contributed by atoms with Crippen molar-refractivity contribution in [2.75, 3.05) is 0 Å². The number of hydrogen-bond donors (Lipinski definition) is 1. The van der Waals surface area contributed by atoms with Gasteiger partial charge in [0, 0.05) is 11.6 Å². The molecule has 0 amide bonds. The highest BCUT2D eigenvalue weighted by atomic mass is 19.1. The van der Waals surface area contributed by atoms with E-state index in [0.717, 1.165) is 30.0 Å². The molecule has 0 saturated carbocycles. The van der Waals surface area contributed by atoms with Crippen LogP contribution in [0.3, 0.4) is 0 Å². The van der Waals surface area contributed by atoms with Gasteiger partial charge >= 0.3 is 0 Å². The van der Waals surface area contributed by atoms with Crippen molar-refractivity contribution in [3.05, 3.63) is 64.7 Å². The highest BCUT2D eigenvalue weighted by Gasteiger charge is 2.20. The SMILES string of the molecule is O[C@@H]1CCc2cc(OCc3ccc(F)cc3F)ccc21. The maximum absolute atomic E-state index is 13.5. The van der Waals surface area contributed by atoms with Gasteiger partial charge in [-0.1, -0.05) is 6.07 Å². The lowest BCUT2D eigenvalue weighted by Gasteiger charge is -2.09. The summed E-state index contributed by atoms with van der Waals surface area (Å²) in [6, 6.07) is 8.89. The number of ether oxygens (including phenoxy) is 1. The van der Waals surface area contributed by atoms with Crippen LogP contribution in [0.4, 0.5) is 8.78 Å². The van der Waals surface area contributed by atoms with Gasteiger partial charge in [-0.3, -0.25) is 0 Å². The van der Waals surface area contributed by atoms with E-state index in [2.05, 4.69) is 0 Å². The van der Waals surface area contributed by atoms with Gasteiger partial charge in [0.05, 0.1) is 6.10 Å². The molecule has 0 bridgehead atoms. The monoisotopic (exact) mass is 276 g/mol. The van der Waals surface area contributed by atoms with Gasteiger partial charge in [-0.2, -0.15) is 0 Å². The summed E-state index contributed by atoms with van der Waals surface area (Å²) in [5, 5.41) is 9.72. The number of fused-ring (bicyclic) bond motifs is 1. The molecule has 0 aromatic heterocycles. The third-order valence-electron chi connectivity index (χ3n) is 3.57. The minimum absolute atomic E-state index is 0.0491. The van der Waals surface area contributed by atoms with Crippen LogP contribution >= 0.6 is 0 Å². The average molecular weight is 276 g/mol. The number of hydrogen-bond acceptors (Lipinski definition) is 2. The smallest absolute Gasteiger partial charge is 0.132 e. The Bertz CT molecular complexity index is 640. The van der Waals surface area contributed by atoms with Crippen LogP contribution in [-0.2, 0) is 13.0 Å². The van der Waals surface area contributed by atoms with Gasteiger partial charge in [0.15, 0.2) is 0 Å². The number of rotatable bonds is 3. The van der Waals surface area contributed by atoms with Crippen LogP contribution < -0.4 is 4.74 Å². The fourth-order valence-corrected chi connectivity index (χ4v) is 2.46. The van der Waals surface area contributed by atoms with E-state index in [9.17, 15) is 13.9 Å². The van der Waals surface area contributed by atoms with E-state index < -0.39 is 17.7 Å². The molecule has 104 valence electrons. The van der Waals surface area contributed by atoms with Crippen LogP contribution in [-0.4, -0.2) is 5.11 Å². The first-order chi connectivity index (χ1) is 9.63. The minimum atomic E-state index is -0.610. The quantitative estimate of drug-likeness (QED) is 0.929. The Labute approximate surface area is 115 Å². The fraction of sp³-hybridized carbons (Fsp3) is 0.250. The molecule has 0 spiro atoms. The number of aliphatic hydroxyl groups is 1. The second-order valence-electron chi connectivity index (χ2n) is 4.94. The summed E-state index contributed by atoms with van der Waals surface area (Å²) in [5.74, 6) is -0.582. The van der Waals surface area contributed by atoms with E-state index in [-0.39, 0.29) is 6.61 Å². The lowest BCUT2D eigenvalue weighted by atomic mass is 10.1. The zero-order chi connectivity index (χ0) is 14.1. The van der Waals surface area contributed by atoms with Crippen molar-refractivity contribution in [1.29, 1.82) is 0 Å². The molecule has 1 aliphatic rings. The lowest BCUT2D eigenvalue weighted by molar-refractivity contribution is 0.180. The van der Waals surface area contributed by atoms with Crippen LogP contribution in [0.5, 0.6) is 5.75 Å². The van der Waals surface area contributed by atoms with Crippen molar-refractivity contribution in [2.45, 2.75) is 25.6 Å². The summed E-state index contributed by atoms with van der Waals surface area (Å²) < 4.78 is 31.8. The summed E-state index contributed by atoms with van der Waals surface area (Å²) in [6.07, 6.45) is 1.15. The minimum Gasteiger partial charge on any atom is -0.489 e. The van der Waals surface area contributed by atoms with Crippen LogP contribution in [0, 0.1) is 11.6 Å². The first-order valence-electron chi connectivity index (χ1n) is 6.51. The molecule has 3 rings (SSSR count). The van der Waals surface area contributed by atoms with Gasteiger partial charge in [0.1, 0.15) is 24.0 Å². The van der Waals surface area contributed by atoms with Gasteiger partial charge in [0.25, 0.3) is 0 Å². The molecule has 0 saturated heterocycles. The lowest BCUT2D eigenvalue weighted by Crippen LogP contribution is -2.00. The molecule has 1 N–H and O–H groups in total. The number of aliphatic hydroxyl groups excluding tert-OH is 1. The van der Waals surface area contributed by atoms with Crippen molar-refractivity contribution in [3.8, 4) is 5.75 Å². The third-order valence-corrected chi connectivity index (χ3v) is 3.57. The second kappa shape index (κ2) is 5.21. The predicted molar refractivity (Wildman–Crippen MR) is 70.4 cm³/mol. The average Bonchev–Trinajstić information content (AvgIpc) is 2.79. The molecule has 2 aromatic rings. The topological polar surface area (TPSA) is 29.5 Å². The summed E-state index contributed by atoms with van der Waals surface area (Å²) in [7, 11) is 0. The summed E-state index contributed by atoms with van der Waals surface area (Å²) >= 11 is 0. The zero-order valence-corrected chi connectivity index (χ0v) is 10.8. The predicted octanol–water partition coefficient (Wildman–Crippen LogP) is 3.52. The molecule has 0 fully saturated rings. The van der Waals surface area contributed by atoms with Gasteiger partial charge in [-0.05, 0) is 48.2 Å². The molecule has 1 aliphatic carbocycles. The Hall–Kier alpha value is -1.94. The Morgan fingerprint density at radius 3 is 2.80 bits per heavy atom. The number of aryl methyl sites for hydroxylation is 1. The summed E-state index contributed by atoms with van der Waals surface area (Å²) in [6.45, 7) is 0.0491. The van der Waals surface area contributed by atoms with E-state index in [1.807, 2.05) is 12.1 Å². The van der Waals surface area contributed by atoms with Crippen molar-refractivity contribution >= 4 is 0 Å². The van der Waals surface area contributed by atoms with Gasteiger partial charge < -0.3 is 9.84 Å². The Kier molecular flexibility index (Phi) is 3.40. The Morgan fingerprint density at radius 2 is 2.00 bits per heavy atom. The summed E-state index contributed by atoms with van der Waals surface area (Å²) in [5.41, 5.74) is 2.31. The van der Waals surface area contributed by atoms with Crippen LogP contribution in [0.1, 0.15) is 29.2 Å². The molecular formula is C16H14F2O2. The van der Waals surface area contributed by atoms with Crippen molar-refractivity contribution in [1.82, 2.24) is 0 Å². The van der Waals surface area contributed by atoms with Gasteiger partial charge in [0.2, 0.25) is 0 Å². The molecule has 1 atom stereocenters. The molecule has 0 aliphatic heterocycles. The highest BCUT2D eigenvalue weighted by molar-refractivity contribution is 5.40. The van der Waals surface area contributed by atoms with Crippen molar-refractivity contribution < 1.29 is 18.6 Å². The van der Waals surface area contributed by atoms with E-state index in [0.29, 0.717) is 11.3 Å². The molecule has 4 heteroatoms. The van der Waals surface area contributed by atoms with E-state index in [1.165, 1.54) is 12.1 Å². The van der Waals surface area contributed by atoms with Crippen LogP contribution in [0.15, 0.2) is 36.4 Å². The second-order valence-corrected chi connectivity index (χ2v) is 4.94. The molecular weight excluding hydrogens is 262 g/mol. The number of halogens is 2. The maximum Gasteiger partial charge on any atom is 0.132 e. The first kappa shape index (κ1) is 13.1.